The number of carbonyl (C=O) groups excluding carboxylic acids is 2. The predicted octanol–water partition coefficient (Wildman–Crippen LogP) is 3.31. The summed E-state index contributed by atoms with van der Waals surface area (Å²) in [5.41, 5.74) is 0.955. The molecule has 0 N–H and O–H groups in total. The van der Waals surface area contributed by atoms with Crippen molar-refractivity contribution >= 4 is 23.6 Å². The zero-order valence-electron chi connectivity index (χ0n) is 17.1. The first-order valence-corrected chi connectivity index (χ1v) is 10.9. The predicted molar refractivity (Wildman–Crippen MR) is 111 cm³/mol. The summed E-state index contributed by atoms with van der Waals surface area (Å²) in [7, 11) is 3.20. The van der Waals surface area contributed by atoms with Crippen molar-refractivity contribution in [3.05, 3.63) is 23.8 Å². The van der Waals surface area contributed by atoms with Gasteiger partial charge in [-0.15, -0.1) is 11.8 Å². The van der Waals surface area contributed by atoms with Gasteiger partial charge in [-0.2, -0.15) is 0 Å². The Kier molecular flexibility index (Phi) is 6.75. The highest BCUT2D eigenvalue weighted by Crippen LogP contribution is 2.43. The third-order valence-corrected chi connectivity index (χ3v) is 6.56. The lowest BCUT2D eigenvalue weighted by atomic mass is 10.00. The van der Waals surface area contributed by atoms with Crippen LogP contribution in [0.4, 0.5) is 0 Å². The van der Waals surface area contributed by atoms with Gasteiger partial charge in [0.15, 0.2) is 11.5 Å². The topological polar surface area (TPSA) is 59.1 Å². The Bertz CT molecular complexity index is 718. The number of ether oxygens (including phenoxy) is 2. The van der Waals surface area contributed by atoms with Crippen LogP contribution in [0, 0.1) is 5.92 Å². The Morgan fingerprint density at radius 3 is 2.46 bits per heavy atom. The number of rotatable bonds is 7. The summed E-state index contributed by atoms with van der Waals surface area (Å²) in [6.07, 6.45) is 2.76. The van der Waals surface area contributed by atoms with Crippen molar-refractivity contribution in [2.75, 3.05) is 33.1 Å². The third-order valence-electron chi connectivity index (χ3n) is 5.33. The van der Waals surface area contributed by atoms with E-state index in [0.717, 1.165) is 31.5 Å². The number of hydrogen-bond acceptors (Lipinski definition) is 5. The Labute approximate surface area is 171 Å². The molecule has 2 saturated heterocycles. The first-order chi connectivity index (χ1) is 13.5. The van der Waals surface area contributed by atoms with Gasteiger partial charge in [-0.1, -0.05) is 19.9 Å². The van der Waals surface area contributed by atoms with E-state index in [1.807, 2.05) is 28.0 Å². The van der Waals surface area contributed by atoms with Gasteiger partial charge in [-0.3, -0.25) is 9.59 Å². The number of benzene rings is 1. The molecule has 3 rings (SSSR count). The Balaban J connectivity index is 1.93. The minimum absolute atomic E-state index is 0.0305. The maximum Gasteiger partial charge on any atom is 0.245 e. The van der Waals surface area contributed by atoms with Crippen molar-refractivity contribution in [3.63, 3.8) is 0 Å². The molecule has 0 saturated carbocycles. The molecule has 6 nitrogen and oxygen atoms in total. The van der Waals surface area contributed by atoms with Crippen LogP contribution < -0.4 is 9.47 Å². The average Bonchev–Trinajstić information content (AvgIpc) is 3.35. The number of carbonyl (C=O) groups is 2. The summed E-state index contributed by atoms with van der Waals surface area (Å²) in [5.74, 6) is 2.11. The number of nitrogens with zero attached hydrogens (tertiary/aromatic N) is 2. The second-order valence-electron chi connectivity index (χ2n) is 7.76. The van der Waals surface area contributed by atoms with Crippen LogP contribution >= 0.6 is 11.8 Å². The lowest BCUT2D eigenvalue weighted by Crippen LogP contribution is -2.50. The summed E-state index contributed by atoms with van der Waals surface area (Å²) in [6, 6.07) is 5.31. The van der Waals surface area contributed by atoms with Crippen molar-refractivity contribution in [1.82, 2.24) is 9.80 Å². The van der Waals surface area contributed by atoms with Gasteiger partial charge < -0.3 is 19.3 Å². The molecule has 28 heavy (non-hydrogen) atoms. The molecule has 0 aromatic heterocycles. The highest BCUT2D eigenvalue weighted by atomic mass is 32.2. The summed E-state index contributed by atoms with van der Waals surface area (Å²) in [5, 5.41) is -0.192. The van der Waals surface area contributed by atoms with Crippen LogP contribution in [0.1, 0.15) is 44.0 Å². The minimum atomic E-state index is -0.418. The van der Waals surface area contributed by atoms with E-state index in [4.69, 9.17) is 9.47 Å². The molecule has 154 valence electrons. The zero-order chi connectivity index (χ0) is 20.3. The highest BCUT2D eigenvalue weighted by Gasteiger charge is 2.42. The maximum atomic E-state index is 13.3. The molecule has 7 heteroatoms. The van der Waals surface area contributed by atoms with Crippen LogP contribution in [-0.4, -0.2) is 60.7 Å². The van der Waals surface area contributed by atoms with E-state index in [-0.39, 0.29) is 17.2 Å². The lowest BCUT2D eigenvalue weighted by Gasteiger charge is -2.35. The molecule has 0 unspecified atom stereocenters. The van der Waals surface area contributed by atoms with E-state index in [9.17, 15) is 9.59 Å². The van der Waals surface area contributed by atoms with E-state index in [1.165, 1.54) is 0 Å². The summed E-state index contributed by atoms with van der Waals surface area (Å²) < 4.78 is 10.8. The lowest BCUT2D eigenvalue weighted by molar-refractivity contribution is -0.144. The molecule has 2 fully saturated rings. The van der Waals surface area contributed by atoms with Crippen LogP contribution in [0.25, 0.3) is 0 Å². The van der Waals surface area contributed by atoms with E-state index in [0.29, 0.717) is 29.6 Å². The van der Waals surface area contributed by atoms with Crippen LogP contribution in [0.15, 0.2) is 18.2 Å². The van der Waals surface area contributed by atoms with Crippen molar-refractivity contribution in [2.45, 2.75) is 44.5 Å². The van der Waals surface area contributed by atoms with Gasteiger partial charge >= 0.3 is 0 Å². The van der Waals surface area contributed by atoms with Gasteiger partial charge in [0.05, 0.1) is 20.0 Å². The molecule has 1 aromatic rings. The number of amides is 2. The van der Waals surface area contributed by atoms with Gasteiger partial charge in [-0.25, -0.2) is 0 Å². The Morgan fingerprint density at radius 1 is 1.18 bits per heavy atom. The van der Waals surface area contributed by atoms with E-state index < -0.39 is 6.04 Å². The number of methoxy groups -OCH3 is 2. The van der Waals surface area contributed by atoms with Gasteiger partial charge in [0.1, 0.15) is 11.4 Å². The van der Waals surface area contributed by atoms with Crippen LogP contribution in [-0.2, 0) is 9.59 Å². The van der Waals surface area contributed by atoms with Gasteiger partial charge in [-0.05, 0) is 42.9 Å². The highest BCUT2D eigenvalue weighted by molar-refractivity contribution is 8.00. The number of likely N-dealkylation sites (tertiary alicyclic amines) is 1. The molecule has 2 heterocycles. The van der Waals surface area contributed by atoms with Crippen LogP contribution in [0.5, 0.6) is 11.5 Å². The van der Waals surface area contributed by atoms with Crippen molar-refractivity contribution in [3.8, 4) is 11.5 Å². The molecular weight excluding hydrogens is 376 g/mol. The first-order valence-electron chi connectivity index (χ1n) is 9.89. The monoisotopic (exact) mass is 406 g/mol. The fourth-order valence-electron chi connectivity index (χ4n) is 3.96. The van der Waals surface area contributed by atoms with E-state index in [1.54, 1.807) is 26.0 Å². The maximum absolute atomic E-state index is 13.3. The summed E-state index contributed by atoms with van der Waals surface area (Å²) in [6.45, 7) is 5.79. The third kappa shape index (κ3) is 4.24. The molecule has 0 radical (unpaired) electrons. The summed E-state index contributed by atoms with van der Waals surface area (Å²) in [4.78, 5) is 29.9. The van der Waals surface area contributed by atoms with Crippen molar-refractivity contribution in [2.24, 2.45) is 5.92 Å². The quantitative estimate of drug-likeness (QED) is 0.695. The van der Waals surface area contributed by atoms with Crippen LogP contribution in [0.3, 0.4) is 0 Å². The van der Waals surface area contributed by atoms with Gasteiger partial charge in [0.25, 0.3) is 0 Å². The molecule has 0 spiro atoms. The Morgan fingerprint density at radius 2 is 1.86 bits per heavy atom. The molecule has 0 bridgehead atoms. The smallest absolute Gasteiger partial charge is 0.245 e. The van der Waals surface area contributed by atoms with E-state index in [2.05, 4.69) is 13.8 Å². The number of hydrogen-bond donors (Lipinski definition) is 0. The largest absolute Gasteiger partial charge is 0.493 e. The molecular formula is C21H30N2O4S. The van der Waals surface area contributed by atoms with Gasteiger partial charge in [0.2, 0.25) is 11.8 Å². The second kappa shape index (κ2) is 9.07. The van der Waals surface area contributed by atoms with Crippen molar-refractivity contribution < 1.29 is 19.1 Å². The van der Waals surface area contributed by atoms with Crippen LogP contribution in [0.2, 0.25) is 0 Å². The molecule has 2 atom stereocenters. The van der Waals surface area contributed by atoms with Gasteiger partial charge in [0, 0.05) is 13.1 Å². The van der Waals surface area contributed by atoms with Crippen molar-refractivity contribution in [1.29, 1.82) is 0 Å². The summed E-state index contributed by atoms with van der Waals surface area (Å²) >= 11 is 1.57. The molecule has 2 amide bonds. The zero-order valence-corrected chi connectivity index (χ0v) is 18.0. The molecule has 0 aliphatic carbocycles. The molecule has 1 aromatic carbocycles. The number of thioether (sulfide) groups is 1. The first kappa shape index (κ1) is 20.8. The fraction of sp³-hybridized carbons (Fsp3) is 0.619. The fourth-order valence-corrected chi connectivity index (χ4v) is 5.18. The molecule has 2 aliphatic heterocycles. The van der Waals surface area contributed by atoms with E-state index >= 15 is 0 Å². The standard InChI is InChI=1S/C21H30N2O4S/c1-14(2)11-16(20(25)22-9-5-6-10-22)23-19(24)13-28-21(23)15-7-8-17(26-3)18(12-15)27-4/h7-8,12,14,16,21H,5-6,9-11,13H2,1-4H3/t16-,21-/m0/s1. The second-order valence-corrected chi connectivity index (χ2v) is 8.83. The molecule has 2 aliphatic rings. The SMILES string of the molecule is COc1ccc([C@@H]2SCC(=O)N2[C@@H](CC(C)C)C(=O)N2CCCC2)cc1OC. The Hall–Kier alpha value is -1.89. The minimum Gasteiger partial charge on any atom is -0.493 e. The normalized spacial score (nSPS) is 20.8. The average molecular weight is 407 g/mol.